The Bertz CT molecular complexity index is 577. The van der Waals surface area contributed by atoms with Crippen LogP contribution in [0.4, 0.5) is 0 Å². The topological polar surface area (TPSA) is 60.0 Å². The van der Waals surface area contributed by atoms with Crippen LogP contribution in [0.25, 0.3) is 0 Å². The van der Waals surface area contributed by atoms with Crippen molar-refractivity contribution in [1.82, 2.24) is 20.4 Å². The number of nitrogens with zero attached hydrogens (tertiary/aromatic N) is 3. The normalized spacial score (nSPS) is 11.6. The Kier molecular flexibility index (Phi) is 12.0. The fourth-order valence-electron chi connectivity index (χ4n) is 2.99. The van der Waals surface area contributed by atoms with Crippen LogP contribution in [-0.2, 0) is 17.9 Å². The highest BCUT2D eigenvalue weighted by molar-refractivity contribution is 5.81. The van der Waals surface area contributed by atoms with Gasteiger partial charge in [-0.25, -0.2) is 4.99 Å². The number of hydrogen-bond donors (Lipinski definition) is 2. The van der Waals surface area contributed by atoms with Gasteiger partial charge in [0.1, 0.15) is 0 Å². The Balaban J connectivity index is 2.56. The van der Waals surface area contributed by atoms with E-state index < -0.39 is 0 Å². The second-order valence-corrected chi connectivity index (χ2v) is 6.72. The van der Waals surface area contributed by atoms with Crippen molar-refractivity contribution in [2.24, 2.45) is 4.99 Å². The maximum absolute atomic E-state index is 12.1. The summed E-state index contributed by atoms with van der Waals surface area (Å²) < 4.78 is 0. The van der Waals surface area contributed by atoms with E-state index in [4.69, 9.17) is 0 Å². The first-order valence-electron chi connectivity index (χ1n) is 10.7. The molecule has 1 rings (SSSR count). The van der Waals surface area contributed by atoms with Crippen molar-refractivity contribution in [3.05, 3.63) is 35.4 Å². The molecule has 28 heavy (non-hydrogen) atoms. The number of aliphatic imine (C=N–C) groups is 1. The molecule has 0 aromatic heterocycles. The van der Waals surface area contributed by atoms with Crippen LogP contribution >= 0.6 is 0 Å². The first kappa shape index (κ1) is 24.0. The van der Waals surface area contributed by atoms with Gasteiger partial charge in [-0.2, -0.15) is 0 Å². The maximum Gasteiger partial charge on any atom is 0.224 e. The molecule has 0 unspecified atom stereocenters. The van der Waals surface area contributed by atoms with E-state index in [1.54, 1.807) is 0 Å². The number of hydrogen-bond acceptors (Lipinski definition) is 3. The third-order valence-electron chi connectivity index (χ3n) is 4.84. The van der Waals surface area contributed by atoms with E-state index >= 15 is 0 Å². The summed E-state index contributed by atoms with van der Waals surface area (Å²) in [6, 6.07) is 8.67. The van der Waals surface area contributed by atoms with Crippen LogP contribution in [0, 0.1) is 0 Å². The predicted octanol–water partition coefficient (Wildman–Crippen LogP) is 2.84. The number of benzene rings is 1. The average Bonchev–Trinajstić information content (AvgIpc) is 2.72. The molecule has 0 aliphatic rings. The second kappa shape index (κ2) is 14.0. The molecule has 0 heterocycles. The molecule has 2 N–H and O–H groups in total. The lowest BCUT2D eigenvalue weighted by Crippen LogP contribution is -2.40. The standard InChI is InChI=1S/C22H39N5O/c1-6-23-22(24-16-15-21(28)27(9-4)10-5)25-17-19-11-13-20(14-12-19)18-26(7-2)8-3/h11-14H,6-10,15-18H2,1-5H3,(H2,23,24,25). The van der Waals surface area contributed by atoms with Crippen LogP contribution in [0.15, 0.2) is 29.3 Å². The largest absolute Gasteiger partial charge is 0.357 e. The molecule has 0 saturated carbocycles. The molecule has 0 spiro atoms. The summed E-state index contributed by atoms with van der Waals surface area (Å²) in [5, 5.41) is 6.51. The molecule has 0 saturated heterocycles. The van der Waals surface area contributed by atoms with E-state index in [-0.39, 0.29) is 5.91 Å². The second-order valence-electron chi connectivity index (χ2n) is 6.72. The zero-order valence-electron chi connectivity index (χ0n) is 18.4. The van der Waals surface area contributed by atoms with Crippen LogP contribution in [0.3, 0.4) is 0 Å². The number of rotatable bonds is 12. The molecule has 0 bridgehead atoms. The highest BCUT2D eigenvalue weighted by Crippen LogP contribution is 2.08. The highest BCUT2D eigenvalue weighted by atomic mass is 16.2. The fraction of sp³-hybridized carbons (Fsp3) is 0.636. The molecule has 158 valence electrons. The van der Waals surface area contributed by atoms with E-state index in [0.29, 0.717) is 19.5 Å². The first-order chi connectivity index (χ1) is 13.6. The summed E-state index contributed by atoms with van der Waals surface area (Å²) in [7, 11) is 0. The zero-order valence-corrected chi connectivity index (χ0v) is 18.4. The minimum atomic E-state index is 0.178. The van der Waals surface area contributed by atoms with Crippen LogP contribution in [0.5, 0.6) is 0 Å². The number of nitrogens with one attached hydrogen (secondary N) is 2. The summed E-state index contributed by atoms with van der Waals surface area (Å²) >= 11 is 0. The summed E-state index contributed by atoms with van der Waals surface area (Å²) in [4.78, 5) is 21.0. The van der Waals surface area contributed by atoms with Crippen molar-refractivity contribution >= 4 is 11.9 Å². The van der Waals surface area contributed by atoms with Gasteiger partial charge in [0, 0.05) is 39.1 Å². The monoisotopic (exact) mass is 389 g/mol. The maximum atomic E-state index is 12.1. The zero-order chi connectivity index (χ0) is 20.8. The molecule has 1 amide bonds. The van der Waals surface area contributed by atoms with Crippen LogP contribution in [0.1, 0.15) is 52.2 Å². The van der Waals surface area contributed by atoms with Gasteiger partial charge in [0.05, 0.1) is 6.54 Å². The van der Waals surface area contributed by atoms with Gasteiger partial charge >= 0.3 is 0 Å². The Labute approximate surface area is 171 Å². The van der Waals surface area contributed by atoms with Gasteiger partial charge in [-0.15, -0.1) is 0 Å². The summed E-state index contributed by atoms with van der Waals surface area (Å²) in [5.74, 6) is 0.930. The molecule has 0 fully saturated rings. The van der Waals surface area contributed by atoms with E-state index in [1.165, 1.54) is 11.1 Å². The third kappa shape index (κ3) is 8.74. The summed E-state index contributed by atoms with van der Waals surface area (Å²) in [6.07, 6.45) is 0.478. The molecule has 6 nitrogen and oxygen atoms in total. The number of carbonyl (C=O) groups is 1. The average molecular weight is 390 g/mol. The van der Waals surface area contributed by atoms with E-state index in [1.807, 2.05) is 25.7 Å². The van der Waals surface area contributed by atoms with Crippen molar-refractivity contribution in [2.45, 2.75) is 54.1 Å². The molecule has 0 atom stereocenters. The molecular weight excluding hydrogens is 350 g/mol. The van der Waals surface area contributed by atoms with Crippen molar-refractivity contribution in [1.29, 1.82) is 0 Å². The SMILES string of the molecule is CCNC(=NCc1ccc(CN(CC)CC)cc1)NCCC(=O)N(CC)CC. The molecule has 0 radical (unpaired) electrons. The third-order valence-corrected chi connectivity index (χ3v) is 4.84. The minimum absolute atomic E-state index is 0.178. The first-order valence-corrected chi connectivity index (χ1v) is 10.7. The van der Waals surface area contributed by atoms with Crippen molar-refractivity contribution in [2.75, 3.05) is 39.3 Å². The lowest BCUT2D eigenvalue weighted by atomic mass is 10.1. The van der Waals surface area contributed by atoms with Gasteiger partial charge in [-0.1, -0.05) is 38.1 Å². The summed E-state index contributed by atoms with van der Waals surface area (Å²) in [6.45, 7) is 17.1. The van der Waals surface area contributed by atoms with Gasteiger partial charge in [0.2, 0.25) is 5.91 Å². The lowest BCUT2D eigenvalue weighted by molar-refractivity contribution is -0.130. The van der Waals surface area contributed by atoms with E-state index in [9.17, 15) is 4.79 Å². The predicted molar refractivity (Wildman–Crippen MR) is 118 cm³/mol. The van der Waals surface area contributed by atoms with E-state index in [0.717, 1.165) is 45.2 Å². The highest BCUT2D eigenvalue weighted by Gasteiger charge is 2.09. The number of guanidine groups is 1. The van der Waals surface area contributed by atoms with Gasteiger partial charge in [0.25, 0.3) is 0 Å². The smallest absolute Gasteiger partial charge is 0.224 e. The molecule has 1 aromatic carbocycles. The molecular formula is C22H39N5O. The molecule has 0 aliphatic carbocycles. The molecule has 6 heteroatoms. The molecule has 0 aliphatic heterocycles. The molecule has 1 aromatic rings. The van der Waals surface area contributed by atoms with Crippen LogP contribution < -0.4 is 10.6 Å². The Morgan fingerprint density at radius 1 is 0.893 bits per heavy atom. The van der Waals surface area contributed by atoms with Crippen molar-refractivity contribution in [3.63, 3.8) is 0 Å². The number of carbonyl (C=O) groups excluding carboxylic acids is 1. The minimum Gasteiger partial charge on any atom is -0.357 e. The van der Waals surface area contributed by atoms with Crippen LogP contribution in [-0.4, -0.2) is 60.9 Å². The lowest BCUT2D eigenvalue weighted by Gasteiger charge is -2.19. The van der Waals surface area contributed by atoms with E-state index in [2.05, 4.69) is 58.6 Å². The van der Waals surface area contributed by atoms with Gasteiger partial charge < -0.3 is 15.5 Å². The Hall–Kier alpha value is -2.08. The fourth-order valence-corrected chi connectivity index (χ4v) is 2.99. The summed E-state index contributed by atoms with van der Waals surface area (Å²) in [5.41, 5.74) is 2.51. The van der Waals surface area contributed by atoms with Gasteiger partial charge in [0.15, 0.2) is 5.96 Å². The van der Waals surface area contributed by atoms with Crippen molar-refractivity contribution in [3.8, 4) is 0 Å². The van der Waals surface area contributed by atoms with Crippen LogP contribution in [0.2, 0.25) is 0 Å². The van der Waals surface area contributed by atoms with Gasteiger partial charge in [-0.05, 0) is 45.0 Å². The number of amides is 1. The van der Waals surface area contributed by atoms with Gasteiger partial charge in [-0.3, -0.25) is 9.69 Å². The Morgan fingerprint density at radius 3 is 2.04 bits per heavy atom. The van der Waals surface area contributed by atoms with Crippen molar-refractivity contribution < 1.29 is 4.79 Å². The quantitative estimate of drug-likeness (QED) is 0.426. The Morgan fingerprint density at radius 2 is 1.50 bits per heavy atom.